The maximum atomic E-state index is 4.63. The first-order valence-corrected chi connectivity index (χ1v) is 29.9. The zero-order valence-corrected chi connectivity index (χ0v) is 51.0. The molecule has 0 saturated heterocycles. The Bertz CT molecular complexity index is 4320. The van der Waals surface area contributed by atoms with Gasteiger partial charge >= 0.3 is 0 Å². The van der Waals surface area contributed by atoms with Crippen LogP contribution in [0.2, 0.25) is 0 Å². The van der Waals surface area contributed by atoms with Crippen LogP contribution in [0.5, 0.6) is 0 Å². The Morgan fingerprint density at radius 2 is 0.619 bits per heavy atom. The summed E-state index contributed by atoms with van der Waals surface area (Å²) in [6.07, 6.45) is 28.3. The van der Waals surface area contributed by atoms with Crippen molar-refractivity contribution in [3.8, 4) is 0 Å². The summed E-state index contributed by atoms with van der Waals surface area (Å²) < 4.78 is 13.3. The molecule has 0 aromatic carbocycles. The van der Waals surface area contributed by atoms with E-state index in [1.807, 2.05) is 12.1 Å². The van der Waals surface area contributed by atoms with Crippen LogP contribution in [0.25, 0.3) is 66.8 Å². The minimum Gasteiger partial charge on any atom is -0.323 e. The first-order valence-electron chi connectivity index (χ1n) is 29.9. The maximum Gasteiger partial charge on any atom is 0.137 e. The molecular weight excluding hydrogens is 1020 g/mol. The molecule has 12 aromatic rings. The highest BCUT2D eigenvalue weighted by atomic mass is 15.0. The van der Waals surface area contributed by atoms with Gasteiger partial charge in [-0.3, -0.25) is 0 Å². The third kappa shape index (κ3) is 9.33. The van der Waals surface area contributed by atoms with Crippen LogP contribution in [0.3, 0.4) is 0 Å². The Labute approximate surface area is 494 Å². The molecule has 84 heavy (non-hydrogen) atoms. The summed E-state index contributed by atoms with van der Waals surface area (Å²) in [7, 11) is 0. The van der Waals surface area contributed by atoms with Crippen LogP contribution in [-0.4, -0.2) is 36.4 Å². The van der Waals surface area contributed by atoms with E-state index in [1.165, 1.54) is 156 Å². The van der Waals surface area contributed by atoms with E-state index in [4.69, 9.17) is 0 Å². The van der Waals surface area contributed by atoms with E-state index in [0.717, 1.165) is 49.8 Å². The highest BCUT2D eigenvalue weighted by Crippen LogP contribution is 2.40. The third-order valence-electron chi connectivity index (χ3n) is 19.1. The summed E-state index contributed by atoms with van der Waals surface area (Å²) in [6, 6.07) is 37.8. The average Bonchev–Trinajstić information content (AvgIpc) is 3.49. The van der Waals surface area contributed by atoms with Crippen molar-refractivity contribution >= 4 is 66.8 Å². The number of aromatic nitrogens is 8. The van der Waals surface area contributed by atoms with Gasteiger partial charge in [-0.25, -0.2) is 9.97 Å². The normalized spacial score (nSPS) is 15.3. The minimum absolute atomic E-state index is 1.05. The van der Waals surface area contributed by atoms with Gasteiger partial charge in [0.2, 0.25) is 0 Å². The molecule has 0 spiro atoms. The molecule has 0 bridgehead atoms. The van der Waals surface area contributed by atoms with Crippen LogP contribution in [0.4, 0.5) is 0 Å². The van der Waals surface area contributed by atoms with Crippen LogP contribution >= 0.6 is 0 Å². The lowest BCUT2D eigenvalue weighted by atomic mass is 10.1. The van der Waals surface area contributed by atoms with Gasteiger partial charge in [0.1, 0.15) is 11.3 Å². The van der Waals surface area contributed by atoms with Crippen LogP contribution in [0.15, 0.2) is 205 Å². The van der Waals surface area contributed by atoms with Gasteiger partial charge in [-0.1, -0.05) is 69.8 Å². The fraction of sp³-hybridized carbons (Fsp3) is 0.237. The zero-order chi connectivity index (χ0) is 58.2. The largest absolute Gasteiger partial charge is 0.323 e. The average molecular weight is 1100 g/mol. The second-order valence-electron chi connectivity index (χ2n) is 24.2. The second kappa shape index (κ2) is 21.6. The van der Waals surface area contributed by atoms with E-state index in [1.54, 1.807) is 0 Å². The molecule has 8 heteroatoms. The standard InChI is InChI=1S/4C13H13N.2C12H12N2/c2*1-9-7-11-12(10(9)2)8-14-6-4-3-5-13(11)14;2*1-9-7-11-8-14-6-4-3-5-12(14)13(11)10(9)2;2*1-8-7-10-12(9(8)2)13-11-5-3-4-6-14(10)11/h4*3-6,8H,7H2,1-2H3;2*3-6H,7H2,1-2H3. The molecule has 18 rings (SSSR count). The Morgan fingerprint density at radius 1 is 0.298 bits per heavy atom. The van der Waals surface area contributed by atoms with Crippen molar-refractivity contribution in [2.45, 2.75) is 122 Å². The fourth-order valence-corrected chi connectivity index (χ4v) is 13.6. The summed E-state index contributed by atoms with van der Waals surface area (Å²) in [5.41, 5.74) is 41.9. The number of nitrogens with zero attached hydrogens (tertiary/aromatic N) is 8. The van der Waals surface area contributed by atoms with Gasteiger partial charge in [-0.05, 0) is 248 Å². The molecule has 0 atom stereocenters. The van der Waals surface area contributed by atoms with Gasteiger partial charge < -0.3 is 26.4 Å². The van der Waals surface area contributed by atoms with Crippen molar-refractivity contribution in [1.82, 2.24) is 36.4 Å². The van der Waals surface area contributed by atoms with Crippen LogP contribution in [0, 0.1) is 0 Å². The van der Waals surface area contributed by atoms with E-state index < -0.39 is 0 Å². The van der Waals surface area contributed by atoms with E-state index in [-0.39, 0.29) is 0 Å². The van der Waals surface area contributed by atoms with Gasteiger partial charge in [-0.2, -0.15) is 0 Å². The molecule has 0 radical (unpaired) electrons. The molecule has 0 N–H and O–H groups in total. The number of hydrogen-bond acceptors (Lipinski definition) is 2. The monoisotopic (exact) mass is 1100 g/mol. The van der Waals surface area contributed by atoms with Gasteiger partial charge in [-0.15, -0.1) is 0 Å². The lowest BCUT2D eigenvalue weighted by Gasteiger charge is -1.99. The molecule has 6 aliphatic carbocycles. The van der Waals surface area contributed by atoms with E-state index >= 15 is 0 Å². The van der Waals surface area contributed by atoms with Crippen LogP contribution in [-0.2, 0) is 38.5 Å². The Balaban J connectivity index is 0.0000000940. The first kappa shape index (κ1) is 54.1. The van der Waals surface area contributed by atoms with Crippen molar-refractivity contribution < 1.29 is 0 Å². The predicted octanol–water partition coefficient (Wildman–Crippen LogP) is 18.5. The smallest absolute Gasteiger partial charge is 0.137 e. The van der Waals surface area contributed by atoms with E-state index in [9.17, 15) is 0 Å². The summed E-state index contributed by atoms with van der Waals surface area (Å²) in [5.74, 6) is 0. The van der Waals surface area contributed by atoms with Crippen LogP contribution in [0.1, 0.15) is 150 Å². The number of rotatable bonds is 0. The van der Waals surface area contributed by atoms with E-state index in [0.29, 0.717) is 0 Å². The Hall–Kier alpha value is -9.14. The topological polar surface area (TPSA) is 52.2 Å². The summed E-state index contributed by atoms with van der Waals surface area (Å²) in [5, 5.41) is 0. The van der Waals surface area contributed by atoms with Gasteiger partial charge in [0, 0.05) is 97.0 Å². The van der Waals surface area contributed by atoms with Gasteiger partial charge in [0.05, 0.1) is 33.8 Å². The predicted molar refractivity (Wildman–Crippen MR) is 352 cm³/mol. The molecule has 0 aliphatic heterocycles. The van der Waals surface area contributed by atoms with Gasteiger partial charge in [0.25, 0.3) is 0 Å². The molecule has 0 fully saturated rings. The van der Waals surface area contributed by atoms with Crippen molar-refractivity contribution in [3.63, 3.8) is 0 Å². The van der Waals surface area contributed by atoms with Crippen molar-refractivity contribution in [2.24, 2.45) is 0 Å². The quantitative estimate of drug-likeness (QED) is 0.152. The number of allylic oxidation sites excluding steroid dienone is 12. The maximum absolute atomic E-state index is 4.63. The summed E-state index contributed by atoms with van der Waals surface area (Å²) >= 11 is 0. The lowest BCUT2D eigenvalue weighted by molar-refractivity contribution is 1.03. The number of hydrogen-bond donors (Lipinski definition) is 0. The molecule has 12 heterocycles. The third-order valence-corrected chi connectivity index (χ3v) is 19.1. The molecule has 0 unspecified atom stereocenters. The zero-order valence-electron chi connectivity index (χ0n) is 51.0. The first-order chi connectivity index (χ1) is 40.6. The molecule has 6 aliphatic rings. The Kier molecular flexibility index (Phi) is 13.9. The molecular formula is C76H76N8. The summed E-state index contributed by atoms with van der Waals surface area (Å²) in [4.78, 5) is 9.26. The van der Waals surface area contributed by atoms with Crippen molar-refractivity contribution in [2.75, 3.05) is 0 Å². The molecule has 420 valence electrons. The van der Waals surface area contributed by atoms with Crippen molar-refractivity contribution in [3.05, 3.63) is 272 Å². The fourth-order valence-electron chi connectivity index (χ4n) is 13.6. The molecule has 8 nitrogen and oxygen atoms in total. The minimum atomic E-state index is 1.05. The van der Waals surface area contributed by atoms with Gasteiger partial charge in [0.15, 0.2) is 0 Å². The highest BCUT2D eigenvalue weighted by Gasteiger charge is 2.25. The second-order valence-corrected chi connectivity index (χ2v) is 24.2. The highest BCUT2D eigenvalue weighted by molar-refractivity contribution is 5.87. The Morgan fingerprint density at radius 3 is 1.01 bits per heavy atom. The van der Waals surface area contributed by atoms with E-state index in [2.05, 4.69) is 278 Å². The number of imidazole rings is 2. The molecule has 0 amide bonds. The SMILES string of the molecule is CC1=C(C)c2c(cn3ccccc23)C1.CC1=C(C)c2c(cn3ccccc23)C1.CC1=C(C)c2cn3ccccc3c2C1.CC1=C(C)c2cn3ccccc3c2C1.CC1=C(C)c2nc3ccccn3c2C1.CC1=C(C)c2nc3ccccn3c2C1. The molecule has 0 saturated carbocycles. The molecule has 12 aromatic heterocycles. The number of fused-ring (bicyclic) bond motifs is 18. The lowest BCUT2D eigenvalue weighted by Crippen LogP contribution is -1.90. The van der Waals surface area contributed by atoms with Crippen molar-refractivity contribution in [1.29, 1.82) is 0 Å². The van der Waals surface area contributed by atoms with Crippen LogP contribution < -0.4 is 0 Å². The summed E-state index contributed by atoms with van der Waals surface area (Å²) in [6.45, 7) is 26.5. The number of pyridine rings is 6.